The summed E-state index contributed by atoms with van der Waals surface area (Å²) in [5, 5.41) is 0. The number of hydrogen-bond acceptors (Lipinski definition) is 2. The first-order chi connectivity index (χ1) is 12.0. The van der Waals surface area contributed by atoms with Crippen LogP contribution in [0.25, 0.3) is 0 Å². The van der Waals surface area contributed by atoms with Gasteiger partial charge in [0.2, 0.25) is 0 Å². The van der Waals surface area contributed by atoms with Crippen molar-refractivity contribution in [1.82, 2.24) is 0 Å². The molecule has 0 saturated carbocycles. The van der Waals surface area contributed by atoms with Crippen molar-refractivity contribution in [2.45, 2.75) is 32.0 Å². The molecule has 3 atom stereocenters. The maximum Gasteiger partial charge on any atom is 0.166 e. The molecular weight excluding hydrogens is 319 g/mol. The van der Waals surface area contributed by atoms with Gasteiger partial charge in [0.1, 0.15) is 18.4 Å². The van der Waals surface area contributed by atoms with Gasteiger partial charge in [-0.2, -0.15) is 0 Å². The average molecular weight is 346 g/mol. The van der Waals surface area contributed by atoms with Crippen molar-refractivity contribution in [3.63, 3.8) is 0 Å². The van der Waals surface area contributed by atoms with Crippen LogP contribution < -0.4 is 20.1 Å². The fourth-order valence-electron chi connectivity index (χ4n) is 3.91. The summed E-state index contributed by atoms with van der Waals surface area (Å²) in [7, 11) is 3.31. The zero-order valence-corrected chi connectivity index (χ0v) is 15.1. The van der Waals surface area contributed by atoms with Crippen molar-refractivity contribution < 1.29 is 24.5 Å². The van der Waals surface area contributed by atoms with Gasteiger partial charge in [-0.25, -0.2) is 4.39 Å². The highest BCUT2D eigenvalue weighted by Crippen LogP contribution is 2.34. The van der Waals surface area contributed by atoms with Crippen molar-refractivity contribution in [2.75, 3.05) is 20.8 Å². The lowest BCUT2D eigenvalue weighted by Crippen LogP contribution is -3.14. The number of hydrogen-bond donors (Lipinski definition) is 2. The minimum Gasteiger partial charge on any atom is -0.493 e. The fourth-order valence-corrected chi connectivity index (χ4v) is 3.91. The van der Waals surface area contributed by atoms with Gasteiger partial charge in [0.25, 0.3) is 0 Å². The highest BCUT2D eigenvalue weighted by Gasteiger charge is 2.37. The van der Waals surface area contributed by atoms with Gasteiger partial charge in [-0.1, -0.05) is 18.2 Å². The second-order valence-electron chi connectivity index (χ2n) is 6.79. The van der Waals surface area contributed by atoms with Crippen molar-refractivity contribution in [3.05, 3.63) is 58.9 Å². The maximum absolute atomic E-state index is 14.1. The zero-order chi connectivity index (χ0) is 18.0. The molecule has 0 saturated heterocycles. The van der Waals surface area contributed by atoms with Crippen molar-refractivity contribution in [1.29, 1.82) is 0 Å². The molecule has 25 heavy (non-hydrogen) atoms. The lowest BCUT2D eigenvalue weighted by atomic mass is 9.88. The first kappa shape index (κ1) is 17.7. The number of nitrogens with one attached hydrogen (secondary N) is 1. The van der Waals surface area contributed by atoms with Crippen LogP contribution in [-0.4, -0.2) is 26.8 Å². The number of rotatable bonds is 5. The Kier molecular flexibility index (Phi) is 5.25. The van der Waals surface area contributed by atoms with E-state index >= 15 is 0 Å². The van der Waals surface area contributed by atoms with Crippen molar-refractivity contribution >= 4 is 0 Å². The molecule has 1 heterocycles. The molecule has 2 aromatic carbocycles. The molecule has 1 unspecified atom stereocenters. The highest BCUT2D eigenvalue weighted by molar-refractivity contribution is 5.49. The van der Waals surface area contributed by atoms with Crippen LogP contribution in [0.15, 0.2) is 36.4 Å². The van der Waals surface area contributed by atoms with Gasteiger partial charge in [0, 0.05) is 17.5 Å². The van der Waals surface area contributed by atoms with E-state index in [-0.39, 0.29) is 17.9 Å². The van der Waals surface area contributed by atoms with E-state index in [1.807, 2.05) is 12.1 Å². The van der Waals surface area contributed by atoms with Gasteiger partial charge >= 0.3 is 0 Å². The predicted molar refractivity (Wildman–Crippen MR) is 94.3 cm³/mol. The Hall–Kier alpha value is -2.11. The number of benzene rings is 2. The summed E-state index contributed by atoms with van der Waals surface area (Å²) in [6, 6.07) is 11.6. The molecular formula is C20H27FN2O2+2. The number of quaternary nitrogens is 2. The van der Waals surface area contributed by atoms with Crippen LogP contribution in [-0.2, 0) is 13.0 Å². The number of methoxy groups -OCH3 is 2. The molecule has 0 bridgehead atoms. The number of ether oxygens (including phenoxy) is 2. The van der Waals surface area contributed by atoms with Crippen LogP contribution in [0.1, 0.15) is 29.7 Å². The lowest BCUT2D eigenvalue weighted by Gasteiger charge is -2.35. The van der Waals surface area contributed by atoms with Gasteiger partial charge < -0.3 is 20.1 Å². The van der Waals surface area contributed by atoms with Crippen molar-refractivity contribution in [3.8, 4) is 11.5 Å². The third-order valence-corrected chi connectivity index (χ3v) is 5.08. The van der Waals surface area contributed by atoms with Crippen molar-refractivity contribution in [2.24, 2.45) is 0 Å². The molecule has 0 aromatic heterocycles. The van der Waals surface area contributed by atoms with E-state index in [2.05, 4.69) is 24.8 Å². The Bertz CT molecular complexity index is 748. The average Bonchev–Trinajstić information content (AvgIpc) is 2.61. The Morgan fingerprint density at radius 1 is 1.20 bits per heavy atom. The van der Waals surface area contributed by atoms with Crippen LogP contribution in [0.5, 0.6) is 11.5 Å². The summed E-state index contributed by atoms with van der Waals surface area (Å²) < 4.78 is 25.0. The van der Waals surface area contributed by atoms with Crippen LogP contribution in [0.4, 0.5) is 4.39 Å². The van der Waals surface area contributed by atoms with E-state index in [1.54, 1.807) is 20.3 Å². The SMILES string of the molecule is COc1cc2c(cc1OC)[C@@H]([C@H](C)[NH3+])[NH+](Cc1ccccc1F)CC2. The lowest BCUT2D eigenvalue weighted by molar-refractivity contribution is -0.957. The standard InChI is InChI=1S/C20H25FN2O2/c1-13(22)20-16-11-19(25-3)18(24-2)10-14(16)8-9-23(20)12-15-6-4-5-7-17(15)21/h4-7,10-11,13,20H,8-9,12,22H2,1-3H3/p+2/t13-,20+/m0/s1. The van der Waals surface area contributed by atoms with Crippen LogP contribution in [0.2, 0.25) is 0 Å². The molecule has 4 nitrogen and oxygen atoms in total. The van der Waals surface area contributed by atoms with Gasteiger partial charge in [0.05, 0.1) is 20.8 Å². The first-order valence-corrected chi connectivity index (χ1v) is 8.71. The van der Waals surface area contributed by atoms with E-state index in [0.717, 1.165) is 30.0 Å². The van der Waals surface area contributed by atoms with E-state index in [4.69, 9.17) is 9.47 Å². The molecule has 1 aliphatic rings. The van der Waals surface area contributed by atoms with E-state index in [1.165, 1.54) is 22.1 Å². The second-order valence-corrected chi connectivity index (χ2v) is 6.79. The predicted octanol–water partition coefficient (Wildman–Crippen LogP) is 1.16. The second kappa shape index (κ2) is 7.42. The molecule has 3 rings (SSSR count). The van der Waals surface area contributed by atoms with Crippen LogP contribution in [0.3, 0.4) is 0 Å². The number of halogens is 1. The quantitative estimate of drug-likeness (QED) is 0.854. The summed E-state index contributed by atoms with van der Waals surface area (Å²) in [6.07, 6.45) is 0.933. The minimum atomic E-state index is -0.136. The molecule has 1 aliphatic heterocycles. The minimum absolute atomic E-state index is 0.136. The number of fused-ring (bicyclic) bond motifs is 1. The largest absolute Gasteiger partial charge is 0.493 e. The smallest absolute Gasteiger partial charge is 0.166 e. The van der Waals surface area contributed by atoms with E-state index < -0.39 is 0 Å². The van der Waals surface area contributed by atoms with Gasteiger partial charge in [-0.05, 0) is 30.7 Å². The fraction of sp³-hybridized carbons (Fsp3) is 0.400. The molecule has 0 aliphatic carbocycles. The first-order valence-electron chi connectivity index (χ1n) is 8.71. The van der Waals surface area contributed by atoms with Gasteiger partial charge in [-0.3, -0.25) is 0 Å². The van der Waals surface area contributed by atoms with Crippen LogP contribution >= 0.6 is 0 Å². The summed E-state index contributed by atoms with van der Waals surface area (Å²) in [4.78, 5) is 1.34. The molecule has 0 fully saturated rings. The summed E-state index contributed by atoms with van der Waals surface area (Å²) >= 11 is 0. The van der Waals surface area contributed by atoms with Crippen LogP contribution in [0, 0.1) is 5.82 Å². The highest BCUT2D eigenvalue weighted by atomic mass is 19.1. The molecule has 134 valence electrons. The van der Waals surface area contributed by atoms with Gasteiger partial charge in [-0.15, -0.1) is 0 Å². The summed E-state index contributed by atoms with van der Waals surface area (Å²) in [5.41, 5.74) is 7.55. The van der Waals surface area contributed by atoms with E-state index in [9.17, 15) is 4.39 Å². The summed E-state index contributed by atoms with van der Waals surface area (Å²) in [6.45, 7) is 3.73. The molecule has 2 aromatic rings. The Labute approximate surface area is 148 Å². The van der Waals surface area contributed by atoms with E-state index in [0.29, 0.717) is 6.54 Å². The third kappa shape index (κ3) is 3.48. The monoisotopic (exact) mass is 346 g/mol. The normalized spacial score (nSPS) is 20.7. The molecule has 0 amide bonds. The molecule has 0 radical (unpaired) electrons. The molecule has 4 N–H and O–H groups in total. The molecule has 0 spiro atoms. The topological polar surface area (TPSA) is 50.5 Å². The third-order valence-electron chi connectivity index (χ3n) is 5.08. The Morgan fingerprint density at radius 3 is 2.52 bits per heavy atom. The Morgan fingerprint density at radius 2 is 1.88 bits per heavy atom. The van der Waals surface area contributed by atoms with Gasteiger partial charge in [0.15, 0.2) is 17.5 Å². The maximum atomic E-state index is 14.1. The Balaban J connectivity index is 1.98. The molecule has 5 heteroatoms. The summed E-state index contributed by atoms with van der Waals surface area (Å²) in [5.74, 6) is 1.36. The zero-order valence-electron chi connectivity index (χ0n) is 15.1.